The van der Waals surface area contributed by atoms with Gasteiger partial charge < -0.3 is 15.9 Å². The first kappa shape index (κ1) is 21.6. The fourth-order valence-electron chi connectivity index (χ4n) is 2.69. The van der Waals surface area contributed by atoms with E-state index < -0.39 is 22.8 Å². The number of hydrogen-bond donors (Lipinski definition) is 2. The summed E-state index contributed by atoms with van der Waals surface area (Å²) in [6.07, 6.45) is 0. The SMILES string of the molecule is Cc1cccc(C)c1OCc1nnc(SC(C)C(=O)Nc2ccc(F)cc2F)n1N. The number of hydrogen-bond acceptors (Lipinski definition) is 6. The standard InChI is InChI=1S/C20H21F2N5O2S/c1-11-5-4-6-12(2)18(11)29-10-17-25-26-20(27(17)23)30-13(3)19(28)24-16-8-7-14(21)9-15(16)22/h4-9,13H,10,23H2,1-3H3,(H,24,28). The first-order valence-corrected chi connectivity index (χ1v) is 9.95. The number of carbonyl (C=O) groups is 1. The van der Waals surface area contributed by atoms with Gasteiger partial charge in [-0.15, -0.1) is 10.2 Å². The summed E-state index contributed by atoms with van der Waals surface area (Å²) in [5.41, 5.74) is 1.88. The summed E-state index contributed by atoms with van der Waals surface area (Å²) < 4.78 is 33.8. The summed E-state index contributed by atoms with van der Waals surface area (Å²) in [5, 5.41) is 10.1. The molecule has 30 heavy (non-hydrogen) atoms. The van der Waals surface area contributed by atoms with Crippen molar-refractivity contribution in [1.82, 2.24) is 14.9 Å². The van der Waals surface area contributed by atoms with Crippen molar-refractivity contribution in [3.8, 4) is 5.75 Å². The number of thioether (sulfide) groups is 1. The highest BCUT2D eigenvalue weighted by Crippen LogP contribution is 2.25. The molecular weight excluding hydrogens is 412 g/mol. The average molecular weight is 433 g/mol. The molecule has 1 heterocycles. The summed E-state index contributed by atoms with van der Waals surface area (Å²) in [4.78, 5) is 12.3. The molecular formula is C20H21F2N5O2S. The molecule has 7 nitrogen and oxygen atoms in total. The highest BCUT2D eigenvalue weighted by atomic mass is 32.2. The van der Waals surface area contributed by atoms with Gasteiger partial charge in [-0.1, -0.05) is 30.0 Å². The molecule has 0 saturated heterocycles. The number of nitrogens with zero attached hydrogens (tertiary/aromatic N) is 3. The average Bonchev–Trinajstić information content (AvgIpc) is 3.03. The van der Waals surface area contributed by atoms with E-state index in [2.05, 4.69) is 15.5 Å². The van der Waals surface area contributed by atoms with Gasteiger partial charge in [0.25, 0.3) is 0 Å². The van der Waals surface area contributed by atoms with E-state index in [4.69, 9.17) is 10.6 Å². The van der Waals surface area contributed by atoms with Crippen LogP contribution in [0.4, 0.5) is 14.5 Å². The van der Waals surface area contributed by atoms with Gasteiger partial charge in [0.1, 0.15) is 24.0 Å². The molecule has 0 radical (unpaired) electrons. The third-order valence-corrected chi connectivity index (χ3v) is 5.39. The molecule has 0 aliphatic carbocycles. The van der Waals surface area contributed by atoms with Gasteiger partial charge in [0.05, 0.1) is 10.9 Å². The number of anilines is 1. The largest absolute Gasteiger partial charge is 0.485 e. The van der Waals surface area contributed by atoms with Crippen LogP contribution in [0.1, 0.15) is 23.9 Å². The van der Waals surface area contributed by atoms with E-state index in [1.807, 2.05) is 32.0 Å². The summed E-state index contributed by atoms with van der Waals surface area (Å²) in [7, 11) is 0. The predicted molar refractivity (Wildman–Crippen MR) is 111 cm³/mol. The minimum Gasteiger partial charge on any atom is -0.485 e. The molecule has 0 spiro atoms. The fourth-order valence-corrected chi connectivity index (χ4v) is 3.48. The molecule has 0 aliphatic heterocycles. The van der Waals surface area contributed by atoms with Crippen LogP contribution in [0.5, 0.6) is 5.75 Å². The minimum absolute atomic E-state index is 0.106. The molecule has 0 fully saturated rings. The number of carbonyl (C=O) groups excluding carboxylic acids is 1. The van der Waals surface area contributed by atoms with Gasteiger partial charge in [-0.25, -0.2) is 13.5 Å². The second kappa shape index (κ2) is 9.12. The lowest BCUT2D eigenvalue weighted by Gasteiger charge is -2.13. The van der Waals surface area contributed by atoms with Gasteiger partial charge in [0.15, 0.2) is 5.82 Å². The number of aromatic nitrogens is 3. The normalized spacial score (nSPS) is 11.9. The number of nitrogens with two attached hydrogens (primary N) is 1. The molecule has 2 aromatic carbocycles. The Hall–Kier alpha value is -3.14. The Morgan fingerprint density at radius 1 is 1.23 bits per heavy atom. The highest BCUT2D eigenvalue weighted by molar-refractivity contribution is 8.00. The maximum Gasteiger partial charge on any atom is 0.237 e. The second-order valence-electron chi connectivity index (χ2n) is 6.65. The Morgan fingerprint density at radius 3 is 2.60 bits per heavy atom. The number of rotatable bonds is 7. The monoisotopic (exact) mass is 433 g/mol. The molecule has 1 aromatic heterocycles. The number of amides is 1. The lowest BCUT2D eigenvalue weighted by atomic mass is 10.1. The Balaban J connectivity index is 1.63. The van der Waals surface area contributed by atoms with Crippen LogP contribution in [-0.2, 0) is 11.4 Å². The van der Waals surface area contributed by atoms with Crippen LogP contribution in [0.2, 0.25) is 0 Å². The highest BCUT2D eigenvalue weighted by Gasteiger charge is 2.21. The van der Waals surface area contributed by atoms with Gasteiger partial charge in [-0.05, 0) is 44.0 Å². The van der Waals surface area contributed by atoms with Gasteiger partial charge in [-0.2, -0.15) is 0 Å². The summed E-state index contributed by atoms with van der Waals surface area (Å²) >= 11 is 1.06. The van der Waals surface area contributed by atoms with Crippen molar-refractivity contribution < 1.29 is 18.3 Å². The third-order valence-electron chi connectivity index (χ3n) is 4.33. The molecule has 1 atom stereocenters. The predicted octanol–water partition coefficient (Wildman–Crippen LogP) is 3.59. The van der Waals surface area contributed by atoms with Crippen LogP contribution in [0.25, 0.3) is 0 Å². The fraction of sp³-hybridized carbons (Fsp3) is 0.250. The van der Waals surface area contributed by atoms with Crippen molar-refractivity contribution >= 4 is 23.4 Å². The van der Waals surface area contributed by atoms with Crippen molar-refractivity contribution in [2.45, 2.75) is 37.8 Å². The van der Waals surface area contributed by atoms with Crippen molar-refractivity contribution in [3.05, 3.63) is 65.0 Å². The van der Waals surface area contributed by atoms with Crippen LogP contribution < -0.4 is 15.9 Å². The lowest BCUT2D eigenvalue weighted by Crippen LogP contribution is -2.24. The number of nitrogens with one attached hydrogen (secondary N) is 1. The Morgan fingerprint density at radius 2 is 1.93 bits per heavy atom. The third kappa shape index (κ3) is 4.88. The van der Waals surface area contributed by atoms with Crippen molar-refractivity contribution in [3.63, 3.8) is 0 Å². The van der Waals surface area contributed by atoms with Crippen molar-refractivity contribution in [2.24, 2.45) is 0 Å². The first-order valence-electron chi connectivity index (χ1n) is 9.07. The van der Waals surface area contributed by atoms with Crippen LogP contribution in [0.15, 0.2) is 41.6 Å². The summed E-state index contributed by atoms with van der Waals surface area (Å²) in [6, 6.07) is 8.76. The molecule has 3 rings (SSSR count). The molecule has 1 unspecified atom stereocenters. The van der Waals surface area contributed by atoms with E-state index in [1.165, 1.54) is 4.68 Å². The van der Waals surface area contributed by atoms with Gasteiger partial charge >= 0.3 is 0 Å². The second-order valence-corrected chi connectivity index (χ2v) is 7.96. The molecule has 3 aromatic rings. The maximum atomic E-state index is 13.7. The van der Waals surface area contributed by atoms with Crippen molar-refractivity contribution in [1.29, 1.82) is 0 Å². The summed E-state index contributed by atoms with van der Waals surface area (Å²) in [5.74, 6) is 5.12. The van der Waals surface area contributed by atoms with Gasteiger partial charge in [-0.3, -0.25) is 4.79 Å². The molecule has 10 heteroatoms. The zero-order valence-electron chi connectivity index (χ0n) is 16.6. The molecule has 1 amide bonds. The van der Waals surface area contributed by atoms with E-state index in [-0.39, 0.29) is 12.3 Å². The molecule has 0 bridgehead atoms. The van der Waals surface area contributed by atoms with E-state index in [0.29, 0.717) is 17.0 Å². The number of benzene rings is 2. The molecule has 0 aliphatic rings. The van der Waals surface area contributed by atoms with Crippen molar-refractivity contribution in [2.75, 3.05) is 11.2 Å². The topological polar surface area (TPSA) is 95.1 Å². The van der Waals surface area contributed by atoms with Crippen LogP contribution in [-0.4, -0.2) is 26.0 Å². The maximum absolute atomic E-state index is 13.7. The van der Waals surface area contributed by atoms with E-state index in [0.717, 1.165) is 40.8 Å². The number of aryl methyl sites for hydroxylation is 2. The molecule has 0 saturated carbocycles. The number of halogens is 2. The molecule has 158 valence electrons. The van der Waals surface area contributed by atoms with Gasteiger partial charge in [0, 0.05) is 6.07 Å². The Kier molecular flexibility index (Phi) is 6.56. The summed E-state index contributed by atoms with van der Waals surface area (Å²) in [6.45, 7) is 5.61. The first-order chi connectivity index (χ1) is 14.3. The van der Waals surface area contributed by atoms with E-state index in [9.17, 15) is 13.6 Å². The lowest BCUT2D eigenvalue weighted by molar-refractivity contribution is -0.115. The zero-order chi connectivity index (χ0) is 21.8. The smallest absolute Gasteiger partial charge is 0.237 e. The van der Waals surface area contributed by atoms with Crippen LogP contribution in [0.3, 0.4) is 0 Å². The number of nitrogen functional groups attached to an aromatic ring is 1. The van der Waals surface area contributed by atoms with E-state index in [1.54, 1.807) is 6.92 Å². The minimum atomic E-state index is -0.853. The Labute approximate surface area is 176 Å². The van der Waals surface area contributed by atoms with Crippen LogP contribution >= 0.6 is 11.8 Å². The van der Waals surface area contributed by atoms with E-state index >= 15 is 0 Å². The molecule has 3 N–H and O–H groups in total. The zero-order valence-corrected chi connectivity index (χ0v) is 17.5. The number of ether oxygens (including phenoxy) is 1. The quantitative estimate of drug-likeness (QED) is 0.437. The number of para-hydroxylation sites is 1. The van der Waals surface area contributed by atoms with Gasteiger partial charge in [0.2, 0.25) is 11.1 Å². The van der Waals surface area contributed by atoms with Crippen LogP contribution in [0, 0.1) is 25.5 Å². The Bertz CT molecular complexity index is 1050.